The standard InChI is InChI=1S/C21H22N2O2/c1-14-13-19-18(11-12-25-19)20(22-14)15-7-9-16(10-8-15)21(24)23-17-5-3-2-4-6-17/h7-13,17H,2-6H2,1H3,(H,23,24). The van der Waals surface area contributed by atoms with Crippen molar-refractivity contribution in [3.8, 4) is 11.3 Å². The van der Waals surface area contributed by atoms with E-state index in [-0.39, 0.29) is 5.91 Å². The number of amides is 1. The SMILES string of the molecule is Cc1cc2occc2c(-c2ccc(C(=O)NC3CCCCC3)cc2)n1. The number of nitrogens with one attached hydrogen (secondary N) is 1. The molecular weight excluding hydrogens is 312 g/mol. The van der Waals surface area contributed by atoms with Crippen LogP contribution in [-0.4, -0.2) is 16.9 Å². The molecule has 2 heterocycles. The molecule has 128 valence electrons. The Bertz CT molecular complexity index is 890. The summed E-state index contributed by atoms with van der Waals surface area (Å²) in [5.74, 6) is 0.0177. The van der Waals surface area contributed by atoms with E-state index in [0.717, 1.165) is 40.8 Å². The lowest BCUT2D eigenvalue weighted by atomic mass is 9.95. The van der Waals surface area contributed by atoms with Gasteiger partial charge in [0.15, 0.2) is 0 Å². The van der Waals surface area contributed by atoms with Crippen LogP contribution in [0.2, 0.25) is 0 Å². The summed E-state index contributed by atoms with van der Waals surface area (Å²) in [6.45, 7) is 1.96. The lowest BCUT2D eigenvalue weighted by molar-refractivity contribution is 0.0927. The third-order valence-electron chi connectivity index (χ3n) is 4.94. The average Bonchev–Trinajstić information content (AvgIpc) is 3.10. The van der Waals surface area contributed by atoms with Crippen molar-refractivity contribution in [2.45, 2.75) is 45.1 Å². The van der Waals surface area contributed by atoms with E-state index in [2.05, 4.69) is 10.3 Å². The Hall–Kier alpha value is -2.62. The van der Waals surface area contributed by atoms with E-state index in [1.165, 1.54) is 19.3 Å². The van der Waals surface area contributed by atoms with E-state index in [0.29, 0.717) is 11.6 Å². The fraction of sp³-hybridized carbons (Fsp3) is 0.333. The van der Waals surface area contributed by atoms with E-state index >= 15 is 0 Å². The molecule has 1 N–H and O–H groups in total. The van der Waals surface area contributed by atoms with Gasteiger partial charge in [-0.3, -0.25) is 9.78 Å². The highest BCUT2D eigenvalue weighted by Gasteiger charge is 2.17. The van der Waals surface area contributed by atoms with Crippen LogP contribution in [0.5, 0.6) is 0 Å². The van der Waals surface area contributed by atoms with Crippen molar-refractivity contribution in [1.82, 2.24) is 10.3 Å². The van der Waals surface area contributed by atoms with Gasteiger partial charge >= 0.3 is 0 Å². The van der Waals surface area contributed by atoms with E-state index in [1.54, 1.807) is 6.26 Å². The molecule has 0 radical (unpaired) electrons. The first kappa shape index (κ1) is 15.9. The number of furan rings is 1. The molecule has 1 aliphatic carbocycles. The second-order valence-electron chi connectivity index (χ2n) is 6.83. The summed E-state index contributed by atoms with van der Waals surface area (Å²) in [5.41, 5.74) is 4.33. The van der Waals surface area contributed by atoms with Crippen molar-refractivity contribution in [2.75, 3.05) is 0 Å². The van der Waals surface area contributed by atoms with Gasteiger partial charge in [-0.2, -0.15) is 0 Å². The lowest BCUT2D eigenvalue weighted by Gasteiger charge is -2.22. The van der Waals surface area contributed by atoms with Gasteiger partial charge in [0.2, 0.25) is 0 Å². The zero-order valence-corrected chi connectivity index (χ0v) is 14.4. The van der Waals surface area contributed by atoms with Crippen LogP contribution in [0.3, 0.4) is 0 Å². The molecule has 4 nitrogen and oxygen atoms in total. The smallest absolute Gasteiger partial charge is 0.251 e. The minimum Gasteiger partial charge on any atom is -0.464 e. The Morgan fingerprint density at radius 2 is 1.88 bits per heavy atom. The third-order valence-corrected chi connectivity index (χ3v) is 4.94. The molecule has 1 fully saturated rings. The lowest BCUT2D eigenvalue weighted by Crippen LogP contribution is -2.36. The van der Waals surface area contributed by atoms with Gasteiger partial charge in [0.05, 0.1) is 12.0 Å². The maximum atomic E-state index is 12.4. The number of nitrogens with zero attached hydrogens (tertiary/aromatic N) is 1. The molecule has 1 aromatic carbocycles. The van der Waals surface area contributed by atoms with E-state index in [9.17, 15) is 4.79 Å². The Morgan fingerprint density at radius 1 is 1.12 bits per heavy atom. The van der Waals surface area contributed by atoms with Crippen LogP contribution >= 0.6 is 0 Å². The van der Waals surface area contributed by atoms with Crippen LogP contribution < -0.4 is 5.32 Å². The second kappa shape index (κ2) is 6.71. The molecule has 1 amide bonds. The number of aryl methyl sites for hydroxylation is 1. The first-order chi connectivity index (χ1) is 12.2. The number of benzene rings is 1. The molecule has 0 saturated heterocycles. The predicted molar refractivity (Wildman–Crippen MR) is 98.5 cm³/mol. The summed E-state index contributed by atoms with van der Waals surface area (Å²) in [4.78, 5) is 17.1. The van der Waals surface area contributed by atoms with Crippen LogP contribution in [-0.2, 0) is 0 Å². The minimum absolute atomic E-state index is 0.0177. The summed E-state index contributed by atoms with van der Waals surface area (Å²) < 4.78 is 5.50. The van der Waals surface area contributed by atoms with E-state index in [1.807, 2.05) is 43.3 Å². The van der Waals surface area contributed by atoms with Crippen LogP contribution in [0.15, 0.2) is 47.1 Å². The summed E-state index contributed by atoms with van der Waals surface area (Å²) in [6, 6.07) is 11.9. The molecule has 1 aliphatic rings. The first-order valence-corrected chi connectivity index (χ1v) is 8.97. The second-order valence-corrected chi connectivity index (χ2v) is 6.83. The Balaban J connectivity index is 1.57. The van der Waals surface area contributed by atoms with Crippen molar-refractivity contribution in [3.63, 3.8) is 0 Å². The van der Waals surface area contributed by atoms with Crippen molar-refractivity contribution in [1.29, 1.82) is 0 Å². The number of aromatic nitrogens is 1. The van der Waals surface area contributed by atoms with Gasteiger partial charge in [-0.05, 0) is 38.0 Å². The Kier molecular flexibility index (Phi) is 4.26. The number of pyridine rings is 1. The predicted octanol–water partition coefficient (Wildman–Crippen LogP) is 4.87. The monoisotopic (exact) mass is 334 g/mol. The molecular formula is C21H22N2O2. The molecule has 0 unspecified atom stereocenters. The van der Waals surface area contributed by atoms with Crippen LogP contribution in [0.25, 0.3) is 22.2 Å². The maximum Gasteiger partial charge on any atom is 0.251 e. The largest absolute Gasteiger partial charge is 0.464 e. The van der Waals surface area contributed by atoms with Crippen molar-refractivity contribution < 1.29 is 9.21 Å². The molecule has 0 spiro atoms. The van der Waals surface area contributed by atoms with Gasteiger partial charge in [-0.1, -0.05) is 31.4 Å². The molecule has 0 aliphatic heterocycles. The maximum absolute atomic E-state index is 12.4. The molecule has 4 rings (SSSR count). The number of hydrogen-bond donors (Lipinski definition) is 1. The van der Waals surface area contributed by atoms with Gasteiger partial charge in [-0.15, -0.1) is 0 Å². The summed E-state index contributed by atoms with van der Waals surface area (Å²) in [7, 11) is 0. The van der Waals surface area contributed by atoms with Gasteiger partial charge in [0.25, 0.3) is 5.91 Å². The van der Waals surface area contributed by atoms with Crippen LogP contribution in [0.4, 0.5) is 0 Å². The zero-order valence-electron chi connectivity index (χ0n) is 14.4. The molecule has 0 bridgehead atoms. The minimum atomic E-state index is 0.0177. The Morgan fingerprint density at radius 3 is 2.64 bits per heavy atom. The van der Waals surface area contributed by atoms with Crippen molar-refractivity contribution in [2.24, 2.45) is 0 Å². The van der Waals surface area contributed by atoms with E-state index in [4.69, 9.17) is 4.42 Å². The number of carbonyl (C=O) groups is 1. The molecule has 3 aromatic rings. The summed E-state index contributed by atoms with van der Waals surface area (Å²) in [5, 5.41) is 4.15. The van der Waals surface area contributed by atoms with Crippen molar-refractivity contribution >= 4 is 16.9 Å². The van der Waals surface area contributed by atoms with Crippen molar-refractivity contribution in [3.05, 3.63) is 53.9 Å². The number of rotatable bonds is 3. The molecule has 25 heavy (non-hydrogen) atoms. The quantitative estimate of drug-likeness (QED) is 0.744. The summed E-state index contributed by atoms with van der Waals surface area (Å²) >= 11 is 0. The van der Waals surface area contributed by atoms with Gasteiger partial charge < -0.3 is 9.73 Å². The van der Waals surface area contributed by atoms with Crippen LogP contribution in [0, 0.1) is 6.92 Å². The first-order valence-electron chi connectivity index (χ1n) is 8.97. The number of carbonyl (C=O) groups excluding carboxylic acids is 1. The molecule has 2 aromatic heterocycles. The van der Waals surface area contributed by atoms with Gasteiger partial charge in [0, 0.05) is 34.3 Å². The highest BCUT2D eigenvalue weighted by Crippen LogP contribution is 2.28. The highest BCUT2D eigenvalue weighted by molar-refractivity contribution is 5.96. The number of hydrogen-bond acceptors (Lipinski definition) is 3. The molecule has 1 saturated carbocycles. The van der Waals surface area contributed by atoms with E-state index < -0.39 is 0 Å². The third kappa shape index (κ3) is 3.29. The zero-order chi connectivity index (χ0) is 17.2. The summed E-state index contributed by atoms with van der Waals surface area (Å²) in [6.07, 6.45) is 7.58. The highest BCUT2D eigenvalue weighted by atomic mass is 16.3. The van der Waals surface area contributed by atoms with Crippen LogP contribution in [0.1, 0.15) is 48.2 Å². The molecule has 0 atom stereocenters. The number of fused-ring (bicyclic) bond motifs is 1. The van der Waals surface area contributed by atoms with Gasteiger partial charge in [-0.25, -0.2) is 0 Å². The topological polar surface area (TPSA) is 55.1 Å². The fourth-order valence-electron chi connectivity index (χ4n) is 3.60. The average molecular weight is 334 g/mol. The molecule has 4 heteroatoms. The normalized spacial score (nSPS) is 15.4. The van der Waals surface area contributed by atoms with Gasteiger partial charge in [0.1, 0.15) is 5.58 Å². The fourth-order valence-corrected chi connectivity index (χ4v) is 3.60. The Labute approximate surface area is 147 Å².